The molecule has 3 rings (SSSR count). The van der Waals surface area contributed by atoms with Crippen LogP contribution in [-0.2, 0) is 4.79 Å². The Bertz CT molecular complexity index is 687. The maximum Gasteiger partial charge on any atom is 0.248 e. The van der Waals surface area contributed by atoms with Crippen molar-refractivity contribution in [2.45, 2.75) is 26.2 Å². The number of aryl methyl sites for hydroxylation is 1. The fraction of sp³-hybridized carbons (Fsp3) is 0.353. The normalized spacial score (nSPS) is 15.1. The van der Waals surface area contributed by atoms with Crippen LogP contribution >= 0.6 is 11.3 Å². The second-order valence-electron chi connectivity index (χ2n) is 5.57. The quantitative estimate of drug-likeness (QED) is 0.873. The van der Waals surface area contributed by atoms with Crippen LogP contribution in [0.5, 0.6) is 0 Å². The number of pyridine rings is 1. The zero-order valence-electron chi connectivity index (χ0n) is 13.2. The second kappa shape index (κ2) is 7.37. The van der Waals surface area contributed by atoms with Crippen LogP contribution in [0, 0.1) is 6.92 Å². The van der Waals surface area contributed by atoms with Crippen molar-refractivity contribution in [1.29, 1.82) is 0 Å². The van der Waals surface area contributed by atoms with Crippen molar-refractivity contribution in [2.24, 2.45) is 0 Å². The number of hydrogen-bond donors (Lipinski definition) is 1. The molecule has 3 heterocycles. The van der Waals surface area contributed by atoms with E-state index in [4.69, 9.17) is 0 Å². The van der Waals surface area contributed by atoms with Crippen molar-refractivity contribution in [1.82, 2.24) is 9.97 Å². The van der Waals surface area contributed by atoms with Crippen LogP contribution in [0.25, 0.3) is 6.08 Å². The molecule has 1 saturated heterocycles. The van der Waals surface area contributed by atoms with E-state index in [-0.39, 0.29) is 5.91 Å². The lowest BCUT2D eigenvalue weighted by atomic mass is 10.1. The maximum atomic E-state index is 11.9. The van der Waals surface area contributed by atoms with E-state index in [9.17, 15) is 4.79 Å². The summed E-state index contributed by atoms with van der Waals surface area (Å²) in [5.41, 5.74) is 1.51. The minimum absolute atomic E-state index is 0.178. The van der Waals surface area contributed by atoms with Crippen LogP contribution < -0.4 is 10.2 Å². The van der Waals surface area contributed by atoms with Gasteiger partial charge in [-0.3, -0.25) is 4.79 Å². The van der Waals surface area contributed by atoms with Crippen LogP contribution in [0.1, 0.15) is 30.0 Å². The van der Waals surface area contributed by atoms with Gasteiger partial charge in [0.25, 0.3) is 0 Å². The summed E-state index contributed by atoms with van der Waals surface area (Å²) in [7, 11) is 0. The molecule has 1 N–H and O–H groups in total. The van der Waals surface area contributed by atoms with E-state index in [1.54, 1.807) is 23.6 Å². The number of thiazole rings is 1. The maximum absolute atomic E-state index is 11.9. The molecule has 1 amide bonds. The number of carbonyl (C=O) groups is 1. The summed E-state index contributed by atoms with van der Waals surface area (Å²) < 4.78 is 0. The van der Waals surface area contributed by atoms with Crippen LogP contribution in [0.15, 0.2) is 29.8 Å². The van der Waals surface area contributed by atoms with Crippen LogP contribution in [0.3, 0.4) is 0 Å². The average Bonchev–Trinajstić information content (AvgIpc) is 3.00. The van der Waals surface area contributed by atoms with Gasteiger partial charge in [-0.1, -0.05) is 0 Å². The van der Waals surface area contributed by atoms with E-state index < -0.39 is 0 Å². The molecule has 1 aliphatic rings. The van der Waals surface area contributed by atoms with Crippen molar-refractivity contribution in [2.75, 3.05) is 23.3 Å². The monoisotopic (exact) mass is 328 g/mol. The molecule has 1 aliphatic heterocycles. The zero-order chi connectivity index (χ0) is 16.1. The highest BCUT2D eigenvalue weighted by Gasteiger charge is 2.11. The minimum atomic E-state index is -0.178. The van der Waals surface area contributed by atoms with Crippen molar-refractivity contribution < 1.29 is 4.79 Å². The lowest BCUT2D eigenvalue weighted by Crippen LogP contribution is -2.30. The summed E-state index contributed by atoms with van der Waals surface area (Å²) >= 11 is 1.57. The van der Waals surface area contributed by atoms with Gasteiger partial charge in [-0.05, 0) is 44.4 Å². The van der Waals surface area contributed by atoms with Gasteiger partial charge < -0.3 is 10.2 Å². The molecule has 0 unspecified atom stereocenters. The molecule has 23 heavy (non-hydrogen) atoms. The topological polar surface area (TPSA) is 58.1 Å². The number of anilines is 2. The van der Waals surface area contributed by atoms with E-state index in [2.05, 4.69) is 20.2 Å². The molecular weight excluding hydrogens is 308 g/mol. The smallest absolute Gasteiger partial charge is 0.248 e. The third-order valence-electron chi connectivity index (χ3n) is 3.74. The van der Waals surface area contributed by atoms with Gasteiger partial charge in [0.1, 0.15) is 5.82 Å². The summed E-state index contributed by atoms with van der Waals surface area (Å²) in [6, 6.07) is 3.87. The predicted octanol–water partition coefficient (Wildman–Crippen LogP) is 3.49. The van der Waals surface area contributed by atoms with Gasteiger partial charge >= 0.3 is 0 Å². The molecule has 0 aliphatic carbocycles. The standard InChI is InChI=1S/C17H20N4OS/c1-13-19-15(12-23-13)6-8-17(22)20-14-5-7-16(18-11-14)21-9-3-2-4-10-21/h5-8,11-12H,2-4,9-10H2,1H3,(H,20,22). The third-order valence-corrected chi connectivity index (χ3v) is 4.53. The Morgan fingerprint density at radius 3 is 2.78 bits per heavy atom. The highest BCUT2D eigenvalue weighted by Crippen LogP contribution is 2.19. The molecule has 0 radical (unpaired) electrons. The van der Waals surface area contributed by atoms with Gasteiger partial charge in [0.05, 0.1) is 22.6 Å². The van der Waals surface area contributed by atoms with Gasteiger partial charge in [0, 0.05) is 24.5 Å². The van der Waals surface area contributed by atoms with Gasteiger partial charge in [0.15, 0.2) is 0 Å². The van der Waals surface area contributed by atoms with Crippen molar-refractivity contribution >= 4 is 34.8 Å². The largest absolute Gasteiger partial charge is 0.357 e. The van der Waals surface area contributed by atoms with Gasteiger partial charge in [0.2, 0.25) is 5.91 Å². The number of amides is 1. The van der Waals surface area contributed by atoms with E-state index in [0.29, 0.717) is 5.69 Å². The van der Waals surface area contributed by atoms with Crippen molar-refractivity contribution in [3.8, 4) is 0 Å². The minimum Gasteiger partial charge on any atom is -0.357 e. The molecule has 0 bridgehead atoms. The second-order valence-corrected chi connectivity index (χ2v) is 6.63. The number of nitrogens with zero attached hydrogens (tertiary/aromatic N) is 3. The van der Waals surface area contributed by atoms with Crippen molar-refractivity contribution in [3.63, 3.8) is 0 Å². The molecule has 6 heteroatoms. The Kier molecular flexibility index (Phi) is 5.02. The van der Waals surface area contributed by atoms with Crippen molar-refractivity contribution in [3.05, 3.63) is 40.5 Å². The first-order valence-corrected chi connectivity index (χ1v) is 8.71. The molecule has 0 spiro atoms. The highest BCUT2D eigenvalue weighted by molar-refractivity contribution is 7.09. The highest BCUT2D eigenvalue weighted by atomic mass is 32.1. The fourth-order valence-corrected chi connectivity index (χ4v) is 3.15. The predicted molar refractivity (Wildman–Crippen MR) is 94.8 cm³/mol. The number of aromatic nitrogens is 2. The SMILES string of the molecule is Cc1nc(C=CC(=O)Nc2ccc(N3CCCCC3)nc2)cs1. The number of rotatable bonds is 4. The molecule has 0 aromatic carbocycles. The number of piperidine rings is 1. The lowest BCUT2D eigenvalue weighted by Gasteiger charge is -2.27. The average molecular weight is 328 g/mol. The zero-order valence-corrected chi connectivity index (χ0v) is 14.0. The first-order valence-electron chi connectivity index (χ1n) is 7.83. The molecule has 0 saturated carbocycles. The number of hydrogen-bond acceptors (Lipinski definition) is 5. The van der Waals surface area contributed by atoms with E-state index in [0.717, 1.165) is 29.6 Å². The molecule has 0 atom stereocenters. The third kappa shape index (κ3) is 4.39. The summed E-state index contributed by atoms with van der Waals surface area (Å²) in [5.74, 6) is 0.805. The Hall–Kier alpha value is -2.21. The van der Waals surface area contributed by atoms with Gasteiger partial charge in [-0.25, -0.2) is 9.97 Å². The van der Waals surface area contributed by atoms with E-state index in [1.807, 2.05) is 24.4 Å². The molecule has 2 aromatic rings. The van der Waals surface area contributed by atoms with Crippen LogP contribution in [-0.4, -0.2) is 29.0 Å². The van der Waals surface area contributed by atoms with E-state index in [1.165, 1.54) is 25.3 Å². The van der Waals surface area contributed by atoms with Gasteiger partial charge in [-0.15, -0.1) is 11.3 Å². The summed E-state index contributed by atoms with van der Waals surface area (Å²) in [5, 5.41) is 5.73. The Labute approximate surface area is 140 Å². The fourth-order valence-electron chi connectivity index (χ4n) is 2.57. The van der Waals surface area contributed by atoms with Crippen LogP contribution in [0.2, 0.25) is 0 Å². The Morgan fingerprint density at radius 2 is 2.13 bits per heavy atom. The molecule has 5 nitrogen and oxygen atoms in total. The lowest BCUT2D eigenvalue weighted by molar-refractivity contribution is -0.111. The number of nitrogens with one attached hydrogen (secondary N) is 1. The molecular formula is C17H20N4OS. The summed E-state index contributed by atoms with van der Waals surface area (Å²) in [4.78, 5) is 23.0. The van der Waals surface area contributed by atoms with E-state index >= 15 is 0 Å². The summed E-state index contributed by atoms with van der Waals surface area (Å²) in [6.07, 6.45) is 8.67. The van der Waals surface area contributed by atoms with Crippen LogP contribution in [0.4, 0.5) is 11.5 Å². The first kappa shape index (κ1) is 15.7. The molecule has 120 valence electrons. The van der Waals surface area contributed by atoms with Gasteiger partial charge in [-0.2, -0.15) is 0 Å². The Balaban J connectivity index is 1.57. The Morgan fingerprint density at radius 1 is 1.30 bits per heavy atom. The molecule has 2 aromatic heterocycles. The first-order chi connectivity index (χ1) is 11.2. The summed E-state index contributed by atoms with van der Waals surface area (Å²) in [6.45, 7) is 4.07. The molecule has 1 fully saturated rings. The number of carbonyl (C=O) groups excluding carboxylic acids is 1.